The summed E-state index contributed by atoms with van der Waals surface area (Å²) in [5, 5.41) is 4.81. The number of thiophene rings is 1. The number of alkyl halides is 2. The molecule has 3 rings (SSSR count). The average molecular weight is 407 g/mol. The molecule has 0 aliphatic heterocycles. The largest absolute Gasteiger partial charge is 0.341 e. The summed E-state index contributed by atoms with van der Waals surface area (Å²) in [6.45, 7) is 0. The second-order valence-corrected chi connectivity index (χ2v) is 8.56. The summed E-state index contributed by atoms with van der Waals surface area (Å²) in [4.78, 5) is 13.0. The molecule has 4 nitrogen and oxygen atoms in total. The summed E-state index contributed by atoms with van der Waals surface area (Å²) in [5.41, 5.74) is 1.07. The molecule has 1 amide bonds. The van der Waals surface area contributed by atoms with E-state index in [4.69, 9.17) is 0 Å². The van der Waals surface area contributed by atoms with E-state index in [9.17, 15) is 22.0 Å². The van der Waals surface area contributed by atoms with Crippen LogP contribution in [0.4, 0.5) is 8.78 Å². The molecule has 27 heavy (non-hydrogen) atoms. The van der Waals surface area contributed by atoms with Gasteiger partial charge in [0.2, 0.25) is 9.84 Å². The Hall–Kier alpha value is -2.58. The van der Waals surface area contributed by atoms with Gasteiger partial charge in [0.25, 0.3) is 5.91 Å². The molecule has 0 bridgehead atoms. The second-order valence-electron chi connectivity index (χ2n) is 5.66. The highest BCUT2D eigenvalue weighted by atomic mass is 32.2. The summed E-state index contributed by atoms with van der Waals surface area (Å²) in [6.07, 6.45) is 0. The zero-order valence-electron chi connectivity index (χ0n) is 13.9. The first-order chi connectivity index (χ1) is 12.9. The van der Waals surface area contributed by atoms with E-state index in [1.807, 2.05) is 47.8 Å². The molecular weight excluding hydrogens is 392 g/mol. The Labute approximate surface area is 159 Å². The number of nitrogens with one attached hydrogen (secondary N) is 1. The zero-order chi connectivity index (χ0) is 19.4. The van der Waals surface area contributed by atoms with Gasteiger partial charge < -0.3 is 5.32 Å². The maximum atomic E-state index is 12.6. The van der Waals surface area contributed by atoms with Gasteiger partial charge in [-0.05, 0) is 41.3 Å². The van der Waals surface area contributed by atoms with Gasteiger partial charge in [-0.3, -0.25) is 4.79 Å². The van der Waals surface area contributed by atoms with Crippen LogP contribution in [0.25, 0.3) is 0 Å². The number of amides is 1. The van der Waals surface area contributed by atoms with Crippen molar-refractivity contribution in [1.29, 1.82) is 0 Å². The molecule has 0 aliphatic carbocycles. The van der Waals surface area contributed by atoms with Gasteiger partial charge in [0.15, 0.2) is 0 Å². The Morgan fingerprint density at radius 2 is 1.59 bits per heavy atom. The standard InChI is InChI=1S/C19H15F2NO3S2/c20-19(21)27(24,25)15-10-8-14(9-11-15)18(23)22-17(16-7-4-12-26-16)13-5-2-1-3-6-13/h1-12,17,19H,(H,22,23)/t17-/m1/s1. The molecule has 0 radical (unpaired) electrons. The van der Waals surface area contributed by atoms with Crippen LogP contribution in [0.1, 0.15) is 26.8 Å². The number of carbonyl (C=O) groups excluding carboxylic acids is 1. The Bertz CT molecular complexity index is 1000. The molecule has 140 valence electrons. The predicted molar refractivity (Wildman–Crippen MR) is 99.7 cm³/mol. The fourth-order valence-corrected chi connectivity index (χ4v) is 4.06. The van der Waals surface area contributed by atoms with E-state index in [0.717, 1.165) is 22.6 Å². The van der Waals surface area contributed by atoms with Crippen molar-refractivity contribution >= 4 is 27.1 Å². The minimum absolute atomic E-state index is 0.181. The van der Waals surface area contributed by atoms with Gasteiger partial charge in [-0.1, -0.05) is 36.4 Å². The Balaban J connectivity index is 1.85. The van der Waals surface area contributed by atoms with Crippen molar-refractivity contribution in [2.75, 3.05) is 0 Å². The van der Waals surface area contributed by atoms with E-state index in [2.05, 4.69) is 5.32 Å². The van der Waals surface area contributed by atoms with Gasteiger partial charge in [-0.2, -0.15) is 8.78 Å². The number of hydrogen-bond acceptors (Lipinski definition) is 4. The third-order valence-electron chi connectivity index (χ3n) is 3.92. The highest BCUT2D eigenvalue weighted by molar-refractivity contribution is 7.91. The molecule has 2 aromatic carbocycles. The molecule has 1 aromatic heterocycles. The van der Waals surface area contributed by atoms with Crippen LogP contribution in [0.2, 0.25) is 0 Å². The van der Waals surface area contributed by atoms with E-state index in [0.29, 0.717) is 0 Å². The average Bonchev–Trinajstić information content (AvgIpc) is 3.21. The molecule has 1 N–H and O–H groups in total. The minimum Gasteiger partial charge on any atom is -0.340 e. The van der Waals surface area contributed by atoms with Gasteiger partial charge in [0.1, 0.15) is 0 Å². The highest BCUT2D eigenvalue weighted by Gasteiger charge is 2.26. The summed E-state index contributed by atoms with van der Waals surface area (Å²) < 4.78 is 48.2. The molecule has 0 saturated carbocycles. The first kappa shape index (κ1) is 19.2. The molecule has 1 atom stereocenters. The lowest BCUT2D eigenvalue weighted by Crippen LogP contribution is -2.28. The van der Waals surface area contributed by atoms with Gasteiger partial charge in [-0.15, -0.1) is 11.3 Å². The maximum absolute atomic E-state index is 12.6. The topological polar surface area (TPSA) is 63.2 Å². The zero-order valence-corrected chi connectivity index (χ0v) is 15.5. The number of benzene rings is 2. The van der Waals surface area contributed by atoms with Gasteiger partial charge in [0, 0.05) is 10.4 Å². The van der Waals surface area contributed by atoms with E-state index >= 15 is 0 Å². The second kappa shape index (κ2) is 7.98. The van der Waals surface area contributed by atoms with E-state index in [1.54, 1.807) is 0 Å². The Kier molecular flexibility index (Phi) is 5.67. The van der Waals surface area contributed by atoms with Crippen LogP contribution >= 0.6 is 11.3 Å². The quantitative estimate of drug-likeness (QED) is 0.664. The molecule has 3 aromatic rings. The lowest BCUT2D eigenvalue weighted by molar-refractivity contribution is 0.0943. The van der Waals surface area contributed by atoms with Crippen molar-refractivity contribution in [2.45, 2.75) is 16.7 Å². The van der Waals surface area contributed by atoms with Gasteiger partial charge >= 0.3 is 5.76 Å². The van der Waals surface area contributed by atoms with E-state index in [1.165, 1.54) is 23.5 Å². The van der Waals surface area contributed by atoms with Crippen LogP contribution in [-0.4, -0.2) is 20.1 Å². The van der Waals surface area contributed by atoms with Gasteiger partial charge in [-0.25, -0.2) is 8.42 Å². The SMILES string of the molecule is O=C(N[C@H](c1ccccc1)c1cccs1)c1ccc(S(=O)(=O)C(F)F)cc1. The summed E-state index contributed by atoms with van der Waals surface area (Å²) >= 11 is 1.49. The van der Waals surface area contributed by atoms with Crippen LogP contribution in [-0.2, 0) is 9.84 Å². The number of halogens is 2. The van der Waals surface area contributed by atoms with Crippen molar-refractivity contribution < 1.29 is 22.0 Å². The molecular formula is C19H15F2NO3S2. The molecule has 0 fully saturated rings. The Morgan fingerprint density at radius 3 is 2.15 bits per heavy atom. The molecule has 0 saturated heterocycles. The Morgan fingerprint density at radius 1 is 0.926 bits per heavy atom. The summed E-state index contributed by atoms with van der Waals surface area (Å²) in [6, 6.07) is 17.3. The minimum atomic E-state index is -4.68. The molecule has 8 heteroatoms. The number of hydrogen-bond donors (Lipinski definition) is 1. The normalized spacial score (nSPS) is 12.7. The highest BCUT2D eigenvalue weighted by Crippen LogP contribution is 2.26. The van der Waals surface area contributed by atoms with Crippen molar-refractivity contribution in [2.24, 2.45) is 0 Å². The predicted octanol–water partition coefficient (Wildman–Crippen LogP) is 4.26. The van der Waals surface area contributed by atoms with Crippen LogP contribution in [0.15, 0.2) is 77.0 Å². The third kappa shape index (κ3) is 4.23. The first-order valence-electron chi connectivity index (χ1n) is 7.91. The lowest BCUT2D eigenvalue weighted by atomic mass is 10.0. The van der Waals surface area contributed by atoms with E-state index in [-0.39, 0.29) is 11.6 Å². The van der Waals surface area contributed by atoms with Crippen LogP contribution in [0, 0.1) is 0 Å². The van der Waals surface area contributed by atoms with Gasteiger partial charge in [0.05, 0.1) is 10.9 Å². The maximum Gasteiger partial charge on any atom is 0.341 e. The summed E-state index contributed by atoms with van der Waals surface area (Å²) in [5.74, 6) is -3.93. The third-order valence-corrected chi connectivity index (χ3v) is 6.25. The number of carbonyl (C=O) groups is 1. The van der Waals surface area contributed by atoms with Crippen molar-refractivity contribution in [1.82, 2.24) is 5.32 Å². The fourth-order valence-electron chi connectivity index (χ4n) is 2.53. The fraction of sp³-hybridized carbons (Fsp3) is 0.105. The van der Waals surface area contributed by atoms with Crippen LogP contribution in [0.5, 0.6) is 0 Å². The lowest BCUT2D eigenvalue weighted by Gasteiger charge is -2.18. The monoisotopic (exact) mass is 407 g/mol. The van der Waals surface area contributed by atoms with Crippen LogP contribution < -0.4 is 5.32 Å². The molecule has 0 unspecified atom stereocenters. The van der Waals surface area contributed by atoms with Crippen molar-refractivity contribution in [3.63, 3.8) is 0 Å². The van der Waals surface area contributed by atoms with Crippen molar-refractivity contribution in [3.8, 4) is 0 Å². The molecule has 0 spiro atoms. The smallest absolute Gasteiger partial charge is 0.340 e. The number of rotatable bonds is 6. The molecule has 0 aliphatic rings. The number of sulfone groups is 1. The van der Waals surface area contributed by atoms with Crippen molar-refractivity contribution in [3.05, 3.63) is 88.1 Å². The summed E-state index contributed by atoms with van der Waals surface area (Å²) in [7, 11) is -4.68. The van der Waals surface area contributed by atoms with E-state index < -0.39 is 26.4 Å². The van der Waals surface area contributed by atoms with Crippen LogP contribution in [0.3, 0.4) is 0 Å². The first-order valence-corrected chi connectivity index (χ1v) is 10.3. The molecule has 1 heterocycles.